The highest BCUT2D eigenvalue weighted by atomic mass is 16.6. The second kappa shape index (κ2) is 6.90. The van der Waals surface area contributed by atoms with E-state index in [-0.39, 0.29) is 17.7 Å². The molecule has 0 saturated heterocycles. The fourth-order valence-electron chi connectivity index (χ4n) is 3.35. The van der Waals surface area contributed by atoms with Gasteiger partial charge in [0, 0.05) is 16.5 Å². The van der Waals surface area contributed by atoms with Gasteiger partial charge in [-0.3, -0.25) is 0 Å². The smallest absolute Gasteiger partial charge is 0.347 e. The molecule has 0 saturated carbocycles. The van der Waals surface area contributed by atoms with Gasteiger partial charge in [-0.25, -0.2) is 9.59 Å². The standard InChI is InChI=1S/C20H24O5/c1-5-16(20(22)23-11(2)3)24-17-10-9-14-13-7-6-8-15(13)19(21)25-18(14)12(17)4/h9-11,16H,5-8H2,1-4H3/t16-/m1/s1. The van der Waals surface area contributed by atoms with E-state index in [4.69, 9.17) is 13.9 Å². The maximum absolute atomic E-state index is 12.2. The van der Waals surface area contributed by atoms with Crippen molar-refractivity contribution in [2.45, 2.75) is 65.6 Å². The van der Waals surface area contributed by atoms with Gasteiger partial charge in [0.1, 0.15) is 11.3 Å². The van der Waals surface area contributed by atoms with Gasteiger partial charge in [0.05, 0.1) is 6.10 Å². The normalized spacial score (nSPS) is 14.6. The Morgan fingerprint density at radius 3 is 2.64 bits per heavy atom. The van der Waals surface area contributed by atoms with Crippen molar-refractivity contribution in [2.75, 3.05) is 0 Å². The summed E-state index contributed by atoms with van der Waals surface area (Å²) in [5.41, 5.74) is 2.92. The number of hydrogen-bond donors (Lipinski definition) is 0. The third kappa shape index (κ3) is 3.28. The van der Waals surface area contributed by atoms with Crippen molar-refractivity contribution < 1.29 is 18.7 Å². The molecule has 1 aromatic heterocycles. The topological polar surface area (TPSA) is 65.7 Å². The molecule has 25 heavy (non-hydrogen) atoms. The van der Waals surface area contributed by atoms with E-state index >= 15 is 0 Å². The molecule has 0 unspecified atom stereocenters. The van der Waals surface area contributed by atoms with Crippen molar-refractivity contribution in [3.05, 3.63) is 39.2 Å². The maximum atomic E-state index is 12.2. The molecule has 1 atom stereocenters. The first-order chi connectivity index (χ1) is 11.9. The number of benzene rings is 1. The Morgan fingerprint density at radius 2 is 1.96 bits per heavy atom. The number of esters is 1. The maximum Gasteiger partial charge on any atom is 0.347 e. The summed E-state index contributed by atoms with van der Waals surface area (Å²) in [5, 5.41) is 0.967. The van der Waals surface area contributed by atoms with E-state index in [2.05, 4.69) is 0 Å². The number of rotatable bonds is 5. The van der Waals surface area contributed by atoms with E-state index in [9.17, 15) is 9.59 Å². The van der Waals surface area contributed by atoms with Gasteiger partial charge in [-0.05, 0) is 64.2 Å². The van der Waals surface area contributed by atoms with Crippen LogP contribution in [0.2, 0.25) is 0 Å². The van der Waals surface area contributed by atoms with Gasteiger partial charge in [-0.15, -0.1) is 0 Å². The molecule has 3 rings (SSSR count). The molecular weight excluding hydrogens is 320 g/mol. The van der Waals surface area contributed by atoms with Gasteiger partial charge in [0.2, 0.25) is 0 Å². The van der Waals surface area contributed by atoms with Crippen LogP contribution in [-0.2, 0) is 22.4 Å². The second-order valence-corrected chi connectivity index (χ2v) is 6.77. The van der Waals surface area contributed by atoms with Crippen LogP contribution in [0.4, 0.5) is 0 Å². The van der Waals surface area contributed by atoms with Gasteiger partial charge in [0.25, 0.3) is 0 Å². The van der Waals surface area contributed by atoms with Gasteiger partial charge >= 0.3 is 11.6 Å². The lowest BCUT2D eigenvalue weighted by molar-refractivity contribution is -0.155. The molecule has 2 aromatic rings. The van der Waals surface area contributed by atoms with Crippen LogP contribution in [0.25, 0.3) is 11.0 Å². The number of carbonyl (C=O) groups excluding carboxylic acids is 1. The van der Waals surface area contributed by atoms with E-state index in [0.29, 0.717) is 17.8 Å². The molecule has 1 aromatic carbocycles. The number of hydrogen-bond acceptors (Lipinski definition) is 5. The highest BCUT2D eigenvalue weighted by Crippen LogP contribution is 2.33. The lowest BCUT2D eigenvalue weighted by atomic mass is 10.0. The van der Waals surface area contributed by atoms with Gasteiger partial charge in [-0.1, -0.05) is 6.92 Å². The molecule has 5 nitrogen and oxygen atoms in total. The molecule has 0 aliphatic heterocycles. The third-order valence-corrected chi connectivity index (χ3v) is 4.60. The quantitative estimate of drug-likeness (QED) is 0.611. The molecule has 1 heterocycles. The minimum absolute atomic E-state index is 0.191. The summed E-state index contributed by atoms with van der Waals surface area (Å²) < 4.78 is 16.7. The molecule has 134 valence electrons. The summed E-state index contributed by atoms with van der Waals surface area (Å²) in [4.78, 5) is 24.4. The summed E-state index contributed by atoms with van der Waals surface area (Å²) in [7, 11) is 0. The van der Waals surface area contributed by atoms with E-state index in [1.807, 2.05) is 26.0 Å². The molecule has 0 spiro atoms. The van der Waals surface area contributed by atoms with E-state index in [1.165, 1.54) is 0 Å². The van der Waals surface area contributed by atoms with Crippen molar-refractivity contribution in [3.8, 4) is 5.75 Å². The molecule has 1 aliphatic rings. The highest BCUT2D eigenvalue weighted by Gasteiger charge is 2.24. The Bertz CT molecular complexity index is 862. The number of fused-ring (bicyclic) bond motifs is 3. The van der Waals surface area contributed by atoms with Gasteiger partial charge < -0.3 is 13.9 Å². The summed E-state index contributed by atoms with van der Waals surface area (Å²) in [6, 6.07) is 3.77. The van der Waals surface area contributed by atoms with Crippen molar-refractivity contribution >= 4 is 16.9 Å². The molecule has 1 aliphatic carbocycles. The zero-order valence-electron chi connectivity index (χ0n) is 15.2. The largest absolute Gasteiger partial charge is 0.478 e. The molecular formula is C20H24O5. The summed E-state index contributed by atoms with van der Waals surface area (Å²) in [5.74, 6) is 0.161. The number of carbonyl (C=O) groups is 1. The summed E-state index contributed by atoms with van der Waals surface area (Å²) in [6.07, 6.45) is 2.29. The Labute approximate surface area is 146 Å². The van der Waals surface area contributed by atoms with E-state index < -0.39 is 6.10 Å². The van der Waals surface area contributed by atoms with Crippen molar-refractivity contribution in [1.82, 2.24) is 0 Å². The molecule has 0 amide bonds. The lowest BCUT2D eigenvalue weighted by Gasteiger charge is -2.19. The predicted octanol–water partition coefficient (Wildman–Crippen LogP) is 3.70. The molecule has 0 bridgehead atoms. The first-order valence-electron chi connectivity index (χ1n) is 8.87. The van der Waals surface area contributed by atoms with Crippen LogP contribution in [0.3, 0.4) is 0 Å². The third-order valence-electron chi connectivity index (χ3n) is 4.60. The van der Waals surface area contributed by atoms with Crippen LogP contribution in [0.5, 0.6) is 5.75 Å². The Kier molecular flexibility index (Phi) is 4.84. The fourth-order valence-corrected chi connectivity index (χ4v) is 3.35. The Balaban J connectivity index is 1.98. The highest BCUT2D eigenvalue weighted by molar-refractivity contribution is 5.86. The Morgan fingerprint density at radius 1 is 1.24 bits per heavy atom. The van der Waals surface area contributed by atoms with Gasteiger partial charge in [-0.2, -0.15) is 0 Å². The molecule has 0 fully saturated rings. The van der Waals surface area contributed by atoms with Crippen molar-refractivity contribution in [2.24, 2.45) is 0 Å². The van der Waals surface area contributed by atoms with E-state index in [1.54, 1.807) is 13.8 Å². The average Bonchev–Trinajstić information content (AvgIpc) is 3.05. The first kappa shape index (κ1) is 17.5. The van der Waals surface area contributed by atoms with Crippen LogP contribution in [0.1, 0.15) is 50.3 Å². The SMILES string of the molecule is CC[C@@H](Oc1ccc2c3c(c(=O)oc2c1C)CCC3)C(=O)OC(C)C. The first-order valence-corrected chi connectivity index (χ1v) is 8.87. The molecule has 5 heteroatoms. The fraction of sp³-hybridized carbons (Fsp3) is 0.500. The predicted molar refractivity (Wildman–Crippen MR) is 95.2 cm³/mol. The van der Waals surface area contributed by atoms with Crippen molar-refractivity contribution in [3.63, 3.8) is 0 Å². The second-order valence-electron chi connectivity index (χ2n) is 6.77. The zero-order chi connectivity index (χ0) is 18.1. The van der Waals surface area contributed by atoms with Crippen LogP contribution in [0.15, 0.2) is 21.3 Å². The molecule has 0 N–H and O–H groups in total. The zero-order valence-corrected chi connectivity index (χ0v) is 15.2. The van der Waals surface area contributed by atoms with Gasteiger partial charge in [0.15, 0.2) is 6.10 Å². The Hall–Kier alpha value is -2.30. The van der Waals surface area contributed by atoms with Crippen LogP contribution >= 0.6 is 0 Å². The average molecular weight is 344 g/mol. The minimum atomic E-state index is -0.681. The van der Waals surface area contributed by atoms with Crippen molar-refractivity contribution in [1.29, 1.82) is 0 Å². The monoisotopic (exact) mass is 344 g/mol. The summed E-state index contributed by atoms with van der Waals surface area (Å²) >= 11 is 0. The minimum Gasteiger partial charge on any atom is -0.478 e. The number of ether oxygens (including phenoxy) is 2. The van der Waals surface area contributed by atoms with Crippen LogP contribution in [-0.4, -0.2) is 18.2 Å². The summed E-state index contributed by atoms with van der Waals surface area (Å²) in [6.45, 7) is 7.33. The lowest BCUT2D eigenvalue weighted by Crippen LogP contribution is -2.30. The molecule has 0 radical (unpaired) electrons. The van der Waals surface area contributed by atoms with E-state index in [0.717, 1.165) is 41.3 Å². The van der Waals surface area contributed by atoms with Crippen LogP contribution < -0.4 is 10.4 Å². The van der Waals surface area contributed by atoms with Crippen LogP contribution in [0, 0.1) is 6.92 Å². The number of aryl methyl sites for hydroxylation is 2.